The molecule has 3 heterocycles. The lowest BCUT2D eigenvalue weighted by Gasteiger charge is -2.12. The maximum absolute atomic E-state index is 6.12. The van der Waals surface area contributed by atoms with Crippen molar-refractivity contribution in [1.82, 2.24) is 0 Å². The molecule has 0 aliphatic heterocycles. The van der Waals surface area contributed by atoms with E-state index in [9.17, 15) is 0 Å². The van der Waals surface area contributed by atoms with E-state index >= 15 is 0 Å². The lowest BCUT2D eigenvalue weighted by molar-refractivity contribution is 0.455. The highest BCUT2D eigenvalue weighted by molar-refractivity contribution is 7.13. The molecule has 1 aromatic carbocycles. The zero-order valence-corrected chi connectivity index (χ0v) is 12.6. The Kier molecular flexibility index (Phi) is 3.41. The number of hydrogen-bond acceptors (Lipinski definition) is 3. The third kappa shape index (κ3) is 2.40. The molecule has 0 N–H and O–H groups in total. The van der Waals surface area contributed by atoms with Crippen LogP contribution in [0.3, 0.4) is 0 Å². The van der Waals surface area contributed by atoms with Gasteiger partial charge < -0.3 is 8.83 Å². The summed E-state index contributed by atoms with van der Waals surface area (Å²) >= 11 is 1.68. The van der Waals surface area contributed by atoms with Crippen molar-refractivity contribution in [2.45, 2.75) is 5.92 Å². The summed E-state index contributed by atoms with van der Waals surface area (Å²) in [7, 11) is 0. The fraction of sp³-hybridized carbons (Fsp3) is 0.0526. The Morgan fingerprint density at radius 3 is 2.41 bits per heavy atom. The minimum Gasteiger partial charge on any atom is -0.468 e. The fourth-order valence-electron chi connectivity index (χ4n) is 2.63. The van der Waals surface area contributed by atoms with Crippen molar-refractivity contribution in [2.75, 3.05) is 0 Å². The van der Waals surface area contributed by atoms with Crippen LogP contribution in [0.5, 0.6) is 0 Å². The average Bonchev–Trinajstić information content (AvgIpc) is 3.31. The minimum absolute atomic E-state index is 0.0232. The highest BCUT2D eigenvalue weighted by Crippen LogP contribution is 2.36. The molecule has 2 nitrogen and oxygen atoms in total. The number of thiophene rings is 1. The van der Waals surface area contributed by atoms with E-state index < -0.39 is 0 Å². The first-order valence-electron chi connectivity index (χ1n) is 7.14. The third-order valence-corrected chi connectivity index (χ3v) is 4.52. The zero-order valence-electron chi connectivity index (χ0n) is 11.8. The first-order valence-corrected chi connectivity index (χ1v) is 8.02. The van der Waals surface area contributed by atoms with Crippen LogP contribution in [0.4, 0.5) is 0 Å². The van der Waals surface area contributed by atoms with E-state index in [0.717, 1.165) is 27.7 Å². The second-order valence-electron chi connectivity index (χ2n) is 5.04. The summed E-state index contributed by atoms with van der Waals surface area (Å²) in [6.07, 6.45) is 1.70. The van der Waals surface area contributed by atoms with Crippen LogP contribution < -0.4 is 0 Å². The maximum Gasteiger partial charge on any atom is 0.144 e. The molecule has 108 valence electrons. The van der Waals surface area contributed by atoms with Crippen molar-refractivity contribution in [3.63, 3.8) is 0 Å². The quantitative estimate of drug-likeness (QED) is 0.477. The SMILES string of the molecule is c1ccc(C(c2ccco2)c2ccc(-c3cccs3)o2)cc1. The van der Waals surface area contributed by atoms with Crippen LogP contribution in [0, 0.1) is 0 Å². The van der Waals surface area contributed by atoms with E-state index in [1.54, 1.807) is 17.6 Å². The van der Waals surface area contributed by atoms with E-state index in [0.29, 0.717) is 0 Å². The molecule has 0 radical (unpaired) electrons. The standard InChI is InChI=1S/C19H14O2S/c1-2-6-14(7-3-1)19(16-8-4-12-20-16)17-11-10-15(21-17)18-9-5-13-22-18/h1-13,19H. The molecular weight excluding hydrogens is 292 g/mol. The van der Waals surface area contributed by atoms with Crippen molar-refractivity contribution in [2.24, 2.45) is 0 Å². The Bertz CT molecular complexity index is 827. The van der Waals surface area contributed by atoms with Gasteiger partial charge in [0.15, 0.2) is 0 Å². The van der Waals surface area contributed by atoms with Gasteiger partial charge in [0.25, 0.3) is 0 Å². The second-order valence-corrected chi connectivity index (χ2v) is 5.99. The fourth-order valence-corrected chi connectivity index (χ4v) is 3.32. The van der Waals surface area contributed by atoms with Gasteiger partial charge in [0.1, 0.15) is 23.2 Å². The highest BCUT2D eigenvalue weighted by Gasteiger charge is 2.23. The molecular formula is C19H14O2S. The van der Waals surface area contributed by atoms with Gasteiger partial charge in [-0.05, 0) is 41.3 Å². The molecule has 0 saturated carbocycles. The van der Waals surface area contributed by atoms with Crippen molar-refractivity contribution >= 4 is 11.3 Å². The van der Waals surface area contributed by atoms with Gasteiger partial charge in [0.05, 0.1) is 11.1 Å². The Morgan fingerprint density at radius 2 is 1.68 bits per heavy atom. The van der Waals surface area contributed by atoms with Crippen LogP contribution in [0.15, 0.2) is 87.2 Å². The van der Waals surface area contributed by atoms with Gasteiger partial charge >= 0.3 is 0 Å². The van der Waals surface area contributed by atoms with Crippen molar-refractivity contribution < 1.29 is 8.83 Å². The summed E-state index contributed by atoms with van der Waals surface area (Å²) in [5.74, 6) is 2.66. The average molecular weight is 306 g/mol. The van der Waals surface area contributed by atoms with Crippen LogP contribution in [-0.4, -0.2) is 0 Å². The topological polar surface area (TPSA) is 26.3 Å². The summed E-state index contributed by atoms with van der Waals surface area (Å²) < 4.78 is 11.8. The van der Waals surface area contributed by atoms with Gasteiger partial charge in [0, 0.05) is 0 Å². The van der Waals surface area contributed by atoms with Crippen LogP contribution in [0.2, 0.25) is 0 Å². The molecule has 1 unspecified atom stereocenters. The zero-order chi connectivity index (χ0) is 14.8. The normalized spacial score (nSPS) is 12.4. The Balaban J connectivity index is 1.79. The highest BCUT2D eigenvalue weighted by atomic mass is 32.1. The van der Waals surface area contributed by atoms with E-state index in [1.807, 2.05) is 48.5 Å². The Labute approximate surface area is 132 Å². The lowest BCUT2D eigenvalue weighted by Crippen LogP contribution is -2.00. The number of rotatable bonds is 4. The summed E-state index contributed by atoms with van der Waals surface area (Å²) in [4.78, 5) is 1.14. The van der Waals surface area contributed by atoms with Gasteiger partial charge in [-0.25, -0.2) is 0 Å². The van der Waals surface area contributed by atoms with E-state index in [2.05, 4.69) is 23.6 Å². The van der Waals surface area contributed by atoms with Crippen LogP contribution in [0.1, 0.15) is 23.0 Å². The summed E-state index contributed by atoms with van der Waals surface area (Å²) in [5, 5.41) is 2.05. The van der Waals surface area contributed by atoms with Gasteiger partial charge in [-0.3, -0.25) is 0 Å². The maximum atomic E-state index is 6.12. The minimum atomic E-state index is -0.0232. The Hall–Kier alpha value is -2.52. The molecule has 3 aromatic heterocycles. The molecule has 0 saturated heterocycles. The molecule has 0 bridgehead atoms. The molecule has 0 spiro atoms. The van der Waals surface area contributed by atoms with E-state index in [-0.39, 0.29) is 5.92 Å². The number of hydrogen-bond donors (Lipinski definition) is 0. The van der Waals surface area contributed by atoms with Gasteiger partial charge in [0.2, 0.25) is 0 Å². The van der Waals surface area contributed by atoms with Crippen molar-refractivity contribution in [1.29, 1.82) is 0 Å². The summed E-state index contributed by atoms with van der Waals surface area (Å²) in [6, 6.07) is 22.3. The predicted molar refractivity (Wildman–Crippen MR) is 88.1 cm³/mol. The van der Waals surface area contributed by atoms with Gasteiger partial charge in [-0.15, -0.1) is 11.3 Å². The summed E-state index contributed by atoms with van der Waals surface area (Å²) in [6.45, 7) is 0. The molecule has 0 amide bonds. The monoisotopic (exact) mass is 306 g/mol. The molecule has 0 aliphatic carbocycles. The smallest absolute Gasteiger partial charge is 0.144 e. The molecule has 0 fully saturated rings. The number of furan rings is 2. The molecule has 0 aliphatic rings. The van der Waals surface area contributed by atoms with Crippen LogP contribution in [-0.2, 0) is 0 Å². The van der Waals surface area contributed by atoms with Crippen LogP contribution >= 0.6 is 11.3 Å². The van der Waals surface area contributed by atoms with Gasteiger partial charge in [-0.2, -0.15) is 0 Å². The summed E-state index contributed by atoms with van der Waals surface area (Å²) in [5.41, 5.74) is 1.16. The molecule has 22 heavy (non-hydrogen) atoms. The van der Waals surface area contributed by atoms with Gasteiger partial charge in [-0.1, -0.05) is 36.4 Å². The first-order chi connectivity index (χ1) is 10.9. The Morgan fingerprint density at radius 1 is 0.773 bits per heavy atom. The van der Waals surface area contributed by atoms with E-state index in [4.69, 9.17) is 8.83 Å². The second kappa shape index (κ2) is 5.70. The van der Waals surface area contributed by atoms with Crippen molar-refractivity contribution in [3.8, 4) is 10.6 Å². The van der Waals surface area contributed by atoms with Crippen LogP contribution in [0.25, 0.3) is 10.6 Å². The predicted octanol–water partition coefficient (Wildman–Crippen LogP) is 5.78. The largest absolute Gasteiger partial charge is 0.468 e. The molecule has 4 aromatic rings. The molecule has 3 heteroatoms. The molecule has 4 rings (SSSR count). The molecule has 1 atom stereocenters. The lowest BCUT2D eigenvalue weighted by atomic mass is 9.94. The third-order valence-electron chi connectivity index (χ3n) is 3.64. The van der Waals surface area contributed by atoms with E-state index in [1.165, 1.54) is 0 Å². The first kappa shape index (κ1) is 13.2. The van der Waals surface area contributed by atoms with Crippen molar-refractivity contribution in [3.05, 3.63) is 95.5 Å². The number of benzene rings is 1.